The first-order chi connectivity index (χ1) is 7.77. The van der Waals surface area contributed by atoms with Gasteiger partial charge in [-0.1, -0.05) is 6.07 Å². The zero-order chi connectivity index (χ0) is 11.8. The van der Waals surface area contributed by atoms with Gasteiger partial charge in [0.1, 0.15) is 11.6 Å². The predicted molar refractivity (Wildman–Crippen MR) is 60.9 cm³/mol. The average Bonchev–Trinajstić information content (AvgIpc) is 2.29. The Morgan fingerprint density at radius 1 is 1.25 bits per heavy atom. The van der Waals surface area contributed by atoms with Gasteiger partial charge in [0.05, 0.1) is 6.61 Å². The second-order valence-corrected chi connectivity index (χ2v) is 3.51. The maximum absolute atomic E-state index is 13.3. The van der Waals surface area contributed by atoms with Gasteiger partial charge in [0, 0.05) is 31.9 Å². The van der Waals surface area contributed by atoms with Gasteiger partial charge >= 0.3 is 0 Å². The number of methoxy groups -OCH3 is 1. The Morgan fingerprint density at radius 2 is 2.00 bits per heavy atom. The van der Waals surface area contributed by atoms with Gasteiger partial charge in [-0.25, -0.2) is 4.39 Å². The van der Waals surface area contributed by atoms with E-state index >= 15 is 0 Å². The Hall–Kier alpha value is -1.13. The molecule has 4 heteroatoms. The molecule has 0 unspecified atom stereocenters. The molecule has 0 radical (unpaired) electrons. The van der Waals surface area contributed by atoms with Crippen molar-refractivity contribution in [2.24, 2.45) is 5.73 Å². The molecule has 2 N–H and O–H groups in total. The quantitative estimate of drug-likeness (QED) is 0.725. The van der Waals surface area contributed by atoms with Gasteiger partial charge in [-0.3, -0.25) is 0 Å². The second kappa shape index (κ2) is 7.19. The number of halogens is 1. The standard InChI is InChI=1S/C12H18FNO2/c1-15-6-2-3-7-16-11-5-4-10(9-14)12(13)8-11/h4-5,8H,2-3,6-7,9,14H2,1H3. The number of rotatable bonds is 7. The molecule has 3 nitrogen and oxygen atoms in total. The van der Waals surface area contributed by atoms with Crippen molar-refractivity contribution in [2.75, 3.05) is 20.3 Å². The minimum atomic E-state index is -0.308. The van der Waals surface area contributed by atoms with E-state index in [1.807, 2.05) is 0 Å². The summed E-state index contributed by atoms with van der Waals surface area (Å²) in [7, 11) is 1.67. The normalized spacial score (nSPS) is 10.4. The van der Waals surface area contributed by atoms with Crippen molar-refractivity contribution < 1.29 is 13.9 Å². The van der Waals surface area contributed by atoms with E-state index in [9.17, 15) is 4.39 Å². The highest BCUT2D eigenvalue weighted by Crippen LogP contribution is 2.16. The molecular formula is C12H18FNO2. The van der Waals surface area contributed by atoms with Crippen molar-refractivity contribution >= 4 is 0 Å². The van der Waals surface area contributed by atoms with Crippen LogP contribution in [0.3, 0.4) is 0 Å². The van der Waals surface area contributed by atoms with E-state index in [-0.39, 0.29) is 12.4 Å². The Bertz CT molecular complexity index is 318. The lowest BCUT2D eigenvalue weighted by atomic mass is 10.2. The van der Waals surface area contributed by atoms with Crippen LogP contribution in [-0.4, -0.2) is 20.3 Å². The highest BCUT2D eigenvalue weighted by molar-refractivity contribution is 5.28. The maximum atomic E-state index is 13.3. The summed E-state index contributed by atoms with van der Waals surface area (Å²) in [5.74, 6) is 0.240. The van der Waals surface area contributed by atoms with Crippen LogP contribution in [0.2, 0.25) is 0 Å². The molecular weight excluding hydrogens is 209 g/mol. The molecule has 0 spiro atoms. The number of nitrogens with two attached hydrogens (primary N) is 1. The summed E-state index contributed by atoms with van der Waals surface area (Å²) in [4.78, 5) is 0. The summed E-state index contributed by atoms with van der Waals surface area (Å²) in [5, 5.41) is 0. The van der Waals surface area contributed by atoms with Crippen molar-refractivity contribution in [1.29, 1.82) is 0 Å². The lowest BCUT2D eigenvalue weighted by Gasteiger charge is -2.07. The summed E-state index contributed by atoms with van der Waals surface area (Å²) in [6.45, 7) is 1.51. The number of unbranched alkanes of at least 4 members (excludes halogenated alkanes) is 1. The molecule has 1 aromatic rings. The van der Waals surface area contributed by atoms with Crippen molar-refractivity contribution in [1.82, 2.24) is 0 Å². The molecule has 0 aliphatic heterocycles. The lowest BCUT2D eigenvalue weighted by Crippen LogP contribution is -2.02. The minimum absolute atomic E-state index is 0.208. The smallest absolute Gasteiger partial charge is 0.131 e. The van der Waals surface area contributed by atoms with E-state index in [0.29, 0.717) is 17.9 Å². The first-order valence-corrected chi connectivity index (χ1v) is 5.38. The van der Waals surface area contributed by atoms with E-state index < -0.39 is 0 Å². The summed E-state index contributed by atoms with van der Waals surface area (Å²) < 4.78 is 23.6. The van der Waals surface area contributed by atoms with Crippen molar-refractivity contribution in [3.8, 4) is 5.75 Å². The summed E-state index contributed by atoms with van der Waals surface area (Å²) in [5.41, 5.74) is 5.87. The Labute approximate surface area is 95.4 Å². The third-order valence-corrected chi connectivity index (χ3v) is 2.26. The maximum Gasteiger partial charge on any atom is 0.131 e. The van der Waals surface area contributed by atoms with E-state index in [0.717, 1.165) is 19.4 Å². The van der Waals surface area contributed by atoms with Crippen molar-refractivity contribution in [3.63, 3.8) is 0 Å². The molecule has 0 atom stereocenters. The Kier molecular flexibility index (Phi) is 5.82. The van der Waals surface area contributed by atoms with Crippen LogP contribution in [0.5, 0.6) is 5.75 Å². The molecule has 0 fully saturated rings. The molecule has 0 aromatic heterocycles. The molecule has 0 amide bonds. The highest BCUT2D eigenvalue weighted by Gasteiger charge is 2.02. The first-order valence-electron chi connectivity index (χ1n) is 5.38. The zero-order valence-corrected chi connectivity index (χ0v) is 9.54. The van der Waals surface area contributed by atoms with E-state index in [1.54, 1.807) is 19.2 Å². The zero-order valence-electron chi connectivity index (χ0n) is 9.54. The molecule has 90 valence electrons. The van der Waals surface area contributed by atoms with Crippen LogP contribution in [-0.2, 0) is 11.3 Å². The average molecular weight is 227 g/mol. The van der Waals surface area contributed by atoms with Gasteiger partial charge in [-0.15, -0.1) is 0 Å². The van der Waals surface area contributed by atoms with Crippen LogP contribution in [0.1, 0.15) is 18.4 Å². The van der Waals surface area contributed by atoms with Gasteiger partial charge < -0.3 is 15.2 Å². The highest BCUT2D eigenvalue weighted by atomic mass is 19.1. The summed E-state index contributed by atoms with van der Waals surface area (Å²) in [6, 6.07) is 4.76. The molecule has 16 heavy (non-hydrogen) atoms. The molecule has 0 aliphatic carbocycles. The van der Waals surface area contributed by atoms with E-state index in [1.165, 1.54) is 6.07 Å². The number of hydrogen-bond donors (Lipinski definition) is 1. The van der Waals surface area contributed by atoms with Crippen molar-refractivity contribution in [2.45, 2.75) is 19.4 Å². The van der Waals surface area contributed by atoms with Crippen LogP contribution < -0.4 is 10.5 Å². The Balaban J connectivity index is 2.34. The first kappa shape index (κ1) is 12.9. The van der Waals surface area contributed by atoms with Crippen molar-refractivity contribution in [3.05, 3.63) is 29.6 Å². The fraction of sp³-hybridized carbons (Fsp3) is 0.500. The second-order valence-electron chi connectivity index (χ2n) is 3.51. The van der Waals surface area contributed by atoms with Gasteiger partial charge in [0.2, 0.25) is 0 Å². The lowest BCUT2D eigenvalue weighted by molar-refractivity contribution is 0.184. The van der Waals surface area contributed by atoms with Gasteiger partial charge in [0.15, 0.2) is 0 Å². The number of ether oxygens (including phenoxy) is 2. The van der Waals surface area contributed by atoms with Crippen LogP contribution in [0, 0.1) is 5.82 Å². The fourth-order valence-corrected chi connectivity index (χ4v) is 1.32. The fourth-order valence-electron chi connectivity index (χ4n) is 1.32. The SMILES string of the molecule is COCCCCOc1ccc(CN)c(F)c1. The van der Waals surface area contributed by atoms with Gasteiger partial charge in [-0.2, -0.15) is 0 Å². The predicted octanol–water partition coefficient (Wildman–Crippen LogP) is 2.09. The van der Waals surface area contributed by atoms with Gasteiger partial charge in [-0.05, 0) is 18.9 Å². The third kappa shape index (κ3) is 4.16. The van der Waals surface area contributed by atoms with Crippen LogP contribution in [0.25, 0.3) is 0 Å². The largest absolute Gasteiger partial charge is 0.493 e. The van der Waals surface area contributed by atoms with E-state index in [2.05, 4.69) is 0 Å². The van der Waals surface area contributed by atoms with E-state index in [4.69, 9.17) is 15.2 Å². The molecule has 0 saturated carbocycles. The summed E-state index contributed by atoms with van der Waals surface area (Å²) >= 11 is 0. The Morgan fingerprint density at radius 3 is 2.62 bits per heavy atom. The molecule has 0 aliphatic rings. The number of benzene rings is 1. The third-order valence-electron chi connectivity index (χ3n) is 2.26. The topological polar surface area (TPSA) is 44.5 Å². The molecule has 0 saturated heterocycles. The minimum Gasteiger partial charge on any atom is -0.493 e. The molecule has 1 rings (SSSR count). The molecule has 0 heterocycles. The number of hydrogen-bond acceptors (Lipinski definition) is 3. The van der Waals surface area contributed by atoms with Crippen LogP contribution in [0.4, 0.5) is 4.39 Å². The molecule has 1 aromatic carbocycles. The van der Waals surface area contributed by atoms with Crippen LogP contribution >= 0.6 is 0 Å². The monoisotopic (exact) mass is 227 g/mol. The van der Waals surface area contributed by atoms with Gasteiger partial charge in [0.25, 0.3) is 0 Å². The molecule has 0 bridgehead atoms. The summed E-state index contributed by atoms with van der Waals surface area (Å²) in [6.07, 6.45) is 1.84. The van der Waals surface area contributed by atoms with Crippen LogP contribution in [0.15, 0.2) is 18.2 Å².